The van der Waals surface area contributed by atoms with E-state index < -0.39 is 12.1 Å². The summed E-state index contributed by atoms with van der Waals surface area (Å²) in [5.41, 5.74) is 6.80. The lowest BCUT2D eigenvalue weighted by molar-refractivity contribution is -0.117. The van der Waals surface area contributed by atoms with Crippen molar-refractivity contribution in [3.8, 4) is 0 Å². The van der Waals surface area contributed by atoms with Gasteiger partial charge >= 0.3 is 6.09 Å². The summed E-state index contributed by atoms with van der Waals surface area (Å²) in [6, 6.07) is 5.98. The maximum atomic E-state index is 11.6. The van der Waals surface area contributed by atoms with Crippen molar-refractivity contribution in [3.63, 3.8) is 0 Å². The molecule has 1 aromatic rings. The maximum absolute atomic E-state index is 11.6. The number of nitrogens with one attached hydrogen (secondary N) is 2. The number of anilines is 2. The Hall–Kier alpha value is -2.34. The molecule has 0 spiro atoms. The third-order valence-electron chi connectivity index (χ3n) is 2.34. The van der Waals surface area contributed by atoms with Gasteiger partial charge in [-0.1, -0.05) is 6.08 Å². The number of amides is 2. The van der Waals surface area contributed by atoms with Crippen molar-refractivity contribution < 1.29 is 14.3 Å². The molecule has 0 bridgehead atoms. The largest absolute Gasteiger partial charge is 0.453 e. The predicted molar refractivity (Wildman–Crippen MR) is 73.9 cm³/mol. The number of methoxy groups -OCH3 is 1. The second-order valence-electron chi connectivity index (χ2n) is 3.81. The summed E-state index contributed by atoms with van der Waals surface area (Å²) in [5.74, 6) is -0.284. The average molecular weight is 263 g/mol. The first-order valence-corrected chi connectivity index (χ1v) is 5.69. The quantitative estimate of drug-likeness (QED) is 0.705. The van der Waals surface area contributed by atoms with Crippen molar-refractivity contribution in [3.05, 3.63) is 36.9 Å². The molecule has 0 heterocycles. The molecule has 0 aliphatic heterocycles. The van der Waals surface area contributed by atoms with Crippen LogP contribution in [-0.2, 0) is 9.53 Å². The van der Waals surface area contributed by atoms with Gasteiger partial charge in [-0.15, -0.1) is 6.58 Å². The molecule has 1 atom stereocenters. The van der Waals surface area contributed by atoms with E-state index in [0.717, 1.165) is 0 Å². The number of hydrogen-bond donors (Lipinski definition) is 3. The van der Waals surface area contributed by atoms with Crippen LogP contribution in [0.3, 0.4) is 0 Å². The SMILES string of the molecule is C=CCC(N)C(=O)Nc1ccc(NC(=O)OC)cc1. The fraction of sp³-hybridized carbons (Fsp3) is 0.231. The van der Waals surface area contributed by atoms with Crippen molar-refractivity contribution in [1.82, 2.24) is 0 Å². The van der Waals surface area contributed by atoms with Crippen LogP contribution >= 0.6 is 0 Å². The van der Waals surface area contributed by atoms with Gasteiger partial charge in [-0.25, -0.2) is 4.79 Å². The van der Waals surface area contributed by atoms with Crippen LogP contribution in [0.15, 0.2) is 36.9 Å². The predicted octanol–water partition coefficient (Wildman–Crippen LogP) is 1.71. The maximum Gasteiger partial charge on any atom is 0.411 e. The van der Waals surface area contributed by atoms with E-state index in [1.54, 1.807) is 30.3 Å². The summed E-state index contributed by atoms with van der Waals surface area (Å²) in [7, 11) is 1.28. The minimum Gasteiger partial charge on any atom is -0.453 e. The summed E-state index contributed by atoms with van der Waals surface area (Å²) in [6.45, 7) is 3.53. The molecule has 0 saturated heterocycles. The molecule has 0 radical (unpaired) electrons. The molecule has 4 N–H and O–H groups in total. The zero-order chi connectivity index (χ0) is 14.3. The third kappa shape index (κ3) is 4.81. The van der Waals surface area contributed by atoms with Gasteiger partial charge < -0.3 is 15.8 Å². The highest BCUT2D eigenvalue weighted by atomic mass is 16.5. The van der Waals surface area contributed by atoms with Gasteiger partial charge in [0.15, 0.2) is 0 Å². The molecule has 0 aliphatic carbocycles. The third-order valence-corrected chi connectivity index (χ3v) is 2.34. The Morgan fingerprint density at radius 1 is 1.32 bits per heavy atom. The van der Waals surface area contributed by atoms with Crippen molar-refractivity contribution in [1.29, 1.82) is 0 Å². The van der Waals surface area contributed by atoms with Gasteiger partial charge in [0.05, 0.1) is 13.2 Å². The normalized spacial score (nSPS) is 11.3. The Bertz CT molecular complexity index is 457. The summed E-state index contributed by atoms with van der Waals surface area (Å²) in [5, 5.41) is 5.17. The van der Waals surface area contributed by atoms with Crippen LogP contribution in [-0.4, -0.2) is 25.2 Å². The lowest BCUT2D eigenvalue weighted by Gasteiger charge is -2.11. The monoisotopic (exact) mass is 263 g/mol. The van der Waals surface area contributed by atoms with Crippen LogP contribution in [0.25, 0.3) is 0 Å². The Kier molecular flexibility index (Phi) is 5.56. The van der Waals surface area contributed by atoms with Crippen molar-refractivity contribution in [2.24, 2.45) is 5.73 Å². The first-order valence-electron chi connectivity index (χ1n) is 5.69. The first-order chi connectivity index (χ1) is 9.06. The molecule has 0 aromatic heterocycles. The van der Waals surface area contributed by atoms with Crippen LogP contribution in [0, 0.1) is 0 Å². The first kappa shape index (κ1) is 14.7. The van der Waals surface area contributed by atoms with Crippen LogP contribution in [0.5, 0.6) is 0 Å². The van der Waals surface area contributed by atoms with Gasteiger partial charge in [-0.05, 0) is 30.7 Å². The molecule has 6 heteroatoms. The summed E-state index contributed by atoms with van der Waals surface area (Å²) in [6.07, 6.45) is 1.45. The molecular weight excluding hydrogens is 246 g/mol. The molecule has 19 heavy (non-hydrogen) atoms. The summed E-state index contributed by atoms with van der Waals surface area (Å²) >= 11 is 0. The molecule has 1 unspecified atom stereocenters. The van der Waals surface area contributed by atoms with E-state index in [1.807, 2.05) is 0 Å². The topological polar surface area (TPSA) is 93.5 Å². The Balaban J connectivity index is 2.59. The van der Waals surface area contributed by atoms with Crippen LogP contribution in [0.1, 0.15) is 6.42 Å². The van der Waals surface area contributed by atoms with E-state index in [4.69, 9.17) is 5.73 Å². The molecule has 0 saturated carbocycles. The molecule has 1 aromatic carbocycles. The van der Waals surface area contributed by atoms with Crippen LogP contribution in [0.2, 0.25) is 0 Å². The van der Waals surface area contributed by atoms with E-state index in [0.29, 0.717) is 17.8 Å². The number of rotatable bonds is 5. The number of hydrogen-bond acceptors (Lipinski definition) is 4. The Morgan fingerprint density at radius 3 is 2.32 bits per heavy atom. The lowest BCUT2D eigenvalue weighted by atomic mass is 10.2. The van der Waals surface area contributed by atoms with Crippen molar-refractivity contribution in [2.75, 3.05) is 17.7 Å². The number of carbonyl (C=O) groups is 2. The van der Waals surface area contributed by atoms with E-state index in [-0.39, 0.29) is 5.91 Å². The zero-order valence-corrected chi connectivity index (χ0v) is 10.7. The highest BCUT2D eigenvalue weighted by Crippen LogP contribution is 2.14. The molecule has 102 valence electrons. The standard InChI is InChI=1S/C13H17N3O3/c1-3-4-11(14)12(17)15-9-5-7-10(8-6-9)16-13(18)19-2/h3,5-8,11H,1,4,14H2,2H3,(H,15,17)(H,16,18). The number of carbonyl (C=O) groups excluding carboxylic acids is 2. The molecule has 1 rings (SSSR count). The number of benzene rings is 1. The van der Waals surface area contributed by atoms with Gasteiger partial charge in [0.1, 0.15) is 0 Å². The van der Waals surface area contributed by atoms with E-state index >= 15 is 0 Å². The summed E-state index contributed by atoms with van der Waals surface area (Å²) in [4.78, 5) is 22.6. The zero-order valence-electron chi connectivity index (χ0n) is 10.7. The van der Waals surface area contributed by atoms with Gasteiger partial charge in [0, 0.05) is 11.4 Å². The smallest absolute Gasteiger partial charge is 0.411 e. The van der Waals surface area contributed by atoms with Crippen LogP contribution in [0.4, 0.5) is 16.2 Å². The molecular formula is C13H17N3O3. The molecule has 2 amide bonds. The Labute approximate surface area is 111 Å². The second-order valence-corrected chi connectivity index (χ2v) is 3.81. The summed E-state index contributed by atoms with van der Waals surface area (Å²) < 4.78 is 4.46. The fourth-order valence-corrected chi connectivity index (χ4v) is 1.33. The second kappa shape index (κ2) is 7.17. The highest BCUT2D eigenvalue weighted by molar-refractivity contribution is 5.95. The van der Waals surface area contributed by atoms with Crippen molar-refractivity contribution >= 4 is 23.4 Å². The number of ether oxygens (including phenoxy) is 1. The van der Waals surface area contributed by atoms with Gasteiger partial charge in [-0.2, -0.15) is 0 Å². The lowest BCUT2D eigenvalue weighted by Crippen LogP contribution is -2.35. The van der Waals surface area contributed by atoms with Gasteiger partial charge in [0.25, 0.3) is 0 Å². The van der Waals surface area contributed by atoms with E-state index in [2.05, 4.69) is 21.9 Å². The van der Waals surface area contributed by atoms with E-state index in [9.17, 15) is 9.59 Å². The highest BCUT2D eigenvalue weighted by Gasteiger charge is 2.11. The minimum absolute atomic E-state index is 0.284. The van der Waals surface area contributed by atoms with Crippen molar-refractivity contribution in [2.45, 2.75) is 12.5 Å². The van der Waals surface area contributed by atoms with Gasteiger partial charge in [-0.3, -0.25) is 10.1 Å². The van der Waals surface area contributed by atoms with Gasteiger partial charge in [0.2, 0.25) is 5.91 Å². The van der Waals surface area contributed by atoms with E-state index in [1.165, 1.54) is 7.11 Å². The van der Waals surface area contributed by atoms with Crippen LogP contribution < -0.4 is 16.4 Å². The minimum atomic E-state index is -0.620. The molecule has 6 nitrogen and oxygen atoms in total. The molecule has 0 fully saturated rings. The average Bonchev–Trinajstić information content (AvgIpc) is 2.41. The fourth-order valence-electron chi connectivity index (χ4n) is 1.33. The molecule has 0 aliphatic rings. The Morgan fingerprint density at radius 2 is 1.84 bits per heavy atom. The number of nitrogens with two attached hydrogens (primary N) is 1.